The van der Waals surface area contributed by atoms with Crippen molar-refractivity contribution in [2.24, 2.45) is 5.92 Å². The average Bonchev–Trinajstić information content (AvgIpc) is 2.09. The number of hydrogen-bond donors (Lipinski definition) is 1. The fraction of sp³-hybridized carbons (Fsp3) is 1.00. The third kappa shape index (κ3) is 0.528. The van der Waals surface area contributed by atoms with Crippen molar-refractivity contribution in [1.82, 2.24) is 5.32 Å². The predicted molar refractivity (Wildman–Crippen MR) is 37.5 cm³/mol. The second-order valence-electron chi connectivity index (χ2n) is 2.48. The van der Waals surface area contributed by atoms with Gasteiger partial charge in [0.05, 0.1) is 3.55 Å². The van der Waals surface area contributed by atoms with E-state index < -0.39 is 0 Å². The fourth-order valence-corrected chi connectivity index (χ4v) is 2.41. The van der Waals surface area contributed by atoms with Crippen molar-refractivity contribution in [2.45, 2.75) is 16.4 Å². The largest absolute Gasteiger partial charge is 0.303 e. The highest BCUT2D eigenvalue weighted by atomic mass is 127. The normalized spacial score (nSPS) is 57.0. The molecule has 1 heterocycles. The molecule has 2 rings (SSSR count). The van der Waals surface area contributed by atoms with Gasteiger partial charge in [0.25, 0.3) is 0 Å². The highest BCUT2D eigenvalue weighted by molar-refractivity contribution is 14.1. The van der Waals surface area contributed by atoms with Crippen LogP contribution in [0.4, 0.5) is 0 Å². The zero-order valence-corrected chi connectivity index (χ0v) is 6.23. The summed E-state index contributed by atoms with van der Waals surface area (Å²) in [6.07, 6.45) is 2.84. The number of hydrogen-bond acceptors (Lipinski definition) is 1. The maximum Gasteiger partial charge on any atom is 0.0738 e. The number of alkyl halides is 1. The van der Waals surface area contributed by atoms with E-state index in [4.69, 9.17) is 0 Å². The van der Waals surface area contributed by atoms with Crippen LogP contribution in [0.5, 0.6) is 0 Å². The van der Waals surface area contributed by atoms with Gasteiger partial charge in [-0.1, -0.05) is 22.6 Å². The molecule has 40 valence electrons. The third-order valence-corrected chi connectivity index (χ3v) is 3.64. The maximum absolute atomic E-state index is 3.46. The number of piperidine rings is 1. The van der Waals surface area contributed by atoms with Crippen LogP contribution in [0.25, 0.3) is 0 Å². The predicted octanol–water partition coefficient (Wildman–Crippen LogP) is 1.13. The summed E-state index contributed by atoms with van der Waals surface area (Å²) < 4.78 is 0.581. The van der Waals surface area contributed by atoms with Crippen LogP contribution in [-0.4, -0.2) is 10.1 Å². The van der Waals surface area contributed by atoms with E-state index in [9.17, 15) is 0 Å². The SMILES string of the molecule is I[C@]12C[C@H]1CCN2. The van der Waals surface area contributed by atoms with Crippen molar-refractivity contribution >= 4 is 22.6 Å². The summed E-state index contributed by atoms with van der Waals surface area (Å²) in [6, 6.07) is 0. The number of nitrogens with one attached hydrogen (secondary N) is 1. The molecule has 1 aliphatic carbocycles. The first-order valence-electron chi connectivity index (χ1n) is 2.75. The molecule has 1 saturated heterocycles. The minimum atomic E-state index is 0.581. The summed E-state index contributed by atoms with van der Waals surface area (Å²) in [4.78, 5) is 0. The maximum atomic E-state index is 3.46. The standard InChI is InChI=1S/C5H8IN/c6-5-3-4(5)1-2-7-5/h4,7H,1-3H2/t4-,5+/m1/s1. The molecule has 1 saturated carbocycles. The van der Waals surface area contributed by atoms with E-state index in [1.54, 1.807) is 0 Å². The molecule has 1 aliphatic heterocycles. The lowest BCUT2D eigenvalue weighted by molar-refractivity contribution is 0.732. The van der Waals surface area contributed by atoms with Gasteiger partial charge in [-0.3, -0.25) is 0 Å². The molecule has 1 N–H and O–H groups in total. The van der Waals surface area contributed by atoms with Crippen molar-refractivity contribution < 1.29 is 0 Å². The average molecular weight is 209 g/mol. The van der Waals surface area contributed by atoms with Crippen molar-refractivity contribution in [3.8, 4) is 0 Å². The summed E-state index contributed by atoms with van der Waals surface area (Å²) in [6.45, 7) is 1.26. The van der Waals surface area contributed by atoms with Crippen LogP contribution in [0.15, 0.2) is 0 Å². The summed E-state index contributed by atoms with van der Waals surface area (Å²) in [5, 5.41) is 3.46. The first-order chi connectivity index (χ1) is 3.31. The summed E-state index contributed by atoms with van der Waals surface area (Å²) in [7, 11) is 0. The highest BCUT2D eigenvalue weighted by Gasteiger charge is 2.54. The number of fused-ring (bicyclic) bond motifs is 1. The van der Waals surface area contributed by atoms with Crippen LogP contribution < -0.4 is 5.32 Å². The van der Waals surface area contributed by atoms with Gasteiger partial charge < -0.3 is 5.32 Å². The molecule has 0 bridgehead atoms. The lowest BCUT2D eigenvalue weighted by atomic mass is 10.3. The second kappa shape index (κ2) is 1.16. The Morgan fingerprint density at radius 1 is 1.71 bits per heavy atom. The molecule has 0 aromatic rings. The van der Waals surface area contributed by atoms with Gasteiger partial charge in [0.2, 0.25) is 0 Å². The van der Waals surface area contributed by atoms with E-state index in [-0.39, 0.29) is 0 Å². The Morgan fingerprint density at radius 3 is 2.71 bits per heavy atom. The van der Waals surface area contributed by atoms with Crippen LogP contribution in [-0.2, 0) is 0 Å². The molecule has 0 radical (unpaired) electrons. The Labute approximate surface area is 57.0 Å². The highest BCUT2D eigenvalue weighted by Crippen LogP contribution is 2.54. The van der Waals surface area contributed by atoms with E-state index in [1.807, 2.05) is 0 Å². The van der Waals surface area contributed by atoms with Crippen molar-refractivity contribution in [2.75, 3.05) is 6.54 Å². The Morgan fingerprint density at radius 2 is 2.57 bits per heavy atom. The van der Waals surface area contributed by atoms with Gasteiger partial charge in [-0.25, -0.2) is 0 Å². The Hall–Kier alpha value is 0.690. The monoisotopic (exact) mass is 209 g/mol. The minimum absolute atomic E-state index is 0.581. The fourth-order valence-electron chi connectivity index (χ4n) is 1.30. The summed E-state index contributed by atoms with van der Waals surface area (Å²) in [5.74, 6) is 1.04. The number of halogens is 1. The molecule has 0 amide bonds. The summed E-state index contributed by atoms with van der Waals surface area (Å²) >= 11 is 2.53. The van der Waals surface area contributed by atoms with Crippen molar-refractivity contribution in [3.05, 3.63) is 0 Å². The van der Waals surface area contributed by atoms with E-state index in [1.165, 1.54) is 19.4 Å². The molecule has 0 aromatic heterocycles. The first kappa shape index (κ1) is 4.56. The van der Waals surface area contributed by atoms with Gasteiger partial charge in [-0.2, -0.15) is 0 Å². The minimum Gasteiger partial charge on any atom is -0.303 e. The molecular weight excluding hydrogens is 201 g/mol. The van der Waals surface area contributed by atoms with Crippen LogP contribution in [0.3, 0.4) is 0 Å². The Balaban J connectivity index is 2.17. The molecule has 0 aromatic carbocycles. The van der Waals surface area contributed by atoms with E-state index in [0.717, 1.165) is 5.92 Å². The van der Waals surface area contributed by atoms with Crippen molar-refractivity contribution in [1.29, 1.82) is 0 Å². The molecule has 2 atom stereocenters. The molecular formula is C5H8IN. The molecule has 0 spiro atoms. The third-order valence-electron chi connectivity index (χ3n) is 1.94. The summed E-state index contributed by atoms with van der Waals surface area (Å²) in [5.41, 5.74) is 0. The molecule has 2 heteroatoms. The van der Waals surface area contributed by atoms with Crippen LogP contribution in [0.2, 0.25) is 0 Å². The Bertz CT molecular complexity index is 102. The van der Waals surface area contributed by atoms with Gasteiger partial charge in [-0.15, -0.1) is 0 Å². The van der Waals surface area contributed by atoms with E-state index in [2.05, 4.69) is 27.9 Å². The zero-order chi connectivity index (χ0) is 4.91. The molecule has 2 fully saturated rings. The zero-order valence-electron chi connectivity index (χ0n) is 4.08. The quantitative estimate of drug-likeness (QED) is 0.358. The molecule has 2 aliphatic rings. The topological polar surface area (TPSA) is 12.0 Å². The van der Waals surface area contributed by atoms with Gasteiger partial charge in [0, 0.05) is 0 Å². The molecule has 7 heavy (non-hydrogen) atoms. The number of rotatable bonds is 0. The first-order valence-corrected chi connectivity index (χ1v) is 3.83. The van der Waals surface area contributed by atoms with Crippen LogP contribution >= 0.6 is 22.6 Å². The van der Waals surface area contributed by atoms with Gasteiger partial charge in [0.15, 0.2) is 0 Å². The van der Waals surface area contributed by atoms with Gasteiger partial charge in [-0.05, 0) is 25.3 Å². The lowest BCUT2D eigenvalue weighted by Crippen LogP contribution is -2.19. The van der Waals surface area contributed by atoms with Crippen molar-refractivity contribution in [3.63, 3.8) is 0 Å². The van der Waals surface area contributed by atoms with Crippen LogP contribution in [0, 0.1) is 5.92 Å². The van der Waals surface area contributed by atoms with E-state index in [0.29, 0.717) is 3.55 Å². The lowest BCUT2D eigenvalue weighted by Gasteiger charge is -1.98. The Kier molecular flexibility index (Phi) is 0.752. The van der Waals surface area contributed by atoms with Gasteiger partial charge in [0.1, 0.15) is 0 Å². The molecule has 0 unspecified atom stereocenters. The van der Waals surface area contributed by atoms with Gasteiger partial charge >= 0.3 is 0 Å². The van der Waals surface area contributed by atoms with Crippen LogP contribution in [0.1, 0.15) is 12.8 Å². The smallest absolute Gasteiger partial charge is 0.0738 e. The van der Waals surface area contributed by atoms with E-state index >= 15 is 0 Å². The second-order valence-corrected chi connectivity index (χ2v) is 4.40. The molecule has 1 nitrogen and oxygen atoms in total.